The molecule has 3 rings (SSSR count). The molecular formula is C13H12BrFN6. The van der Waals surface area contributed by atoms with Gasteiger partial charge in [0.1, 0.15) is 11.6 Å². The van der Waals surface area contributed by atoms with Crippen molar-refractivity contribution in [3.63, 3.8) is 0 Å². The van der Waals surface area contributed by atoms with Crippen LogP contribution < -0.4 is 10.6 Å². The van der Waals surface area contributed by atoms with Crippen molar-refractivity contribution >= 4 is 44.4 Å². The minimum atomic E-state index is -0.329. The van der Waals surface area contributed by atoms with Gasteiger partial charge in [0.25, 0.3) is 0 Å². The van der Waals surface area contributed by atoms with Gasteiger partial charge in [-0.25, -0.2) is 4.39 Å². The van der Waals surface area contributed by atoms with Crippen LogP contribution in [0.25, 0.3) is 11.0 Å². The molecule has 0 aliphatic heterocycles. The number of aromatic nitrogens is 4. The number of rotatable bonds is 4. The van der Waals surface area contributed by atoms with E-state index in [1.165, 1.54) is 12.1 Å². The molecule has 0 atom stereocenters. The number of H-pyrrole nitrogens is 1. The molecule has 0 amide bonds. The first-order valence-corrected chi connectivity index (χ1v) is 7.13. The highest BCUT2D eigenvalue weighted by molar-refractivity contribution is 9.10. The Labute approximate surface area is 128 Å². The zero-order valence-corrected chi connectivity index (χ0v) is 12.7. The minimum absolute atomic E-state index is 0.329. The highest BCUT2D eigenvalue weighted by Crippen LogP contribution is 2.29. The van der Waals surface area contributed by atoms with E-state index in [0.29, 0.717) is 29.6 Å². The zero-order chi connectivity index (χ0) is 14.8. The Morgan fingerprint density at radius 1 is 1.33 bits per heavy atom. The molecule has 0 bridgehead atoms. The standard InChI is InChI=1S/C13H12BrFN6/c1-2-16-13-19-11(8-6-17-21-12(8)20-13)18-10-5-7(15)3-4-9(10)14/h3-6H,2H2,1H3,(H3,16,17,18,19,20,21). The van der Waals surface area contributed by atoms with Gasteiger partial charge in [0.15, 0.2) is 5.65 Å². The fourth-order valence-corrected chi connectivity index (χ4v) is 2.23. The second-order valence-corrected chi connectivity index (χ2v) is 5.16. The number of nitrogens with one attached hydrogen (secondary N) is 3. The van der Waals surface area contributed by atoms with Crippen LogP contribution in [-0.4, -0.2) is 26.7 Å². The van der Waals surface area contributed by atoms with Gasteiger partial charge in [-0.3, -0.25) is 5.10 Å². The van der Waals surface area contributed by atoms with Crippen LogP contribution in [0.5, 0.6) is 0 Å². The molecule has 0 saturated heterocycles. The van der Waals surface area contributed by atoms with Gasteiger partial charge >= 0.3 is 0 Å². The van der Waals surface area contributed by atoms with Gasteiger partial charge in [0.2, 0.25) is 5.95 Å². The second-order valence-electron chi connectivity index (χ2n) is 4.31. The Kier molecular flexibility index (Phi) is 3.70. The summed E-state index contributed by atoms with van der Waals surface area (Å²) in [6, 6.07) is 4.41. The van der Waals surface area contributed by atoms with Gasteiger partial charge in [0.05, 0.1) is 17.3 Å². The molecule has 0 aliphatic rings. The first-order valence-electron chi connectivity index (χ1n) is 6.34. The van der Waals surface area contributed by atoms with Gasteiger partial charge in [-0.15, -0.1) is 0 Å². The van der Waals surface area contributed by atoms with Gasteiger partial charge in [-0.2, -0.15) is 15.1 Å². The topological polar surface area (TPSA) is 78.5 Å². The summed E-state index contributed by atoms with van der Waals surface area (Å²) in [7, 11) is 0. The van der Waals surface area contributed by atoms with Crippen molar-refractivity contribution in [2.45, 2.75) is 6.92 Å². The van der Waals surface area contributed by atoms with E-state index in [1.54, 1.807) is 12.3 Å². The molecule has 2 aromatic heterocycles. The second kappa shape index (κ2) is 5.65. The van der Waals surface area contributed by atoms with Crippen LogP contribution >= 0.6 is 15.9 Å². The summed E-state index contributed by atoms with van der Waals surface area (Å²) < 4.78 is 14.1. The molecule has 0 aliphatic carbocycles. The number of anilines is 3. The molecule has 21 heavy (non-hydrogen) atoms. The Hall–Kier alpha value is -2.22. The number of nitrogens with zero attached hydrogens (tertiary/aromatic N) is 3. The summed E-state index contributed by atoms with van der Waals surface area (Å²) in [5.41, 5.74) is 1.19. The van der Waals surface area contributed by atoms with Crippen LogP contribution in [0.1, 0.15) is 6.92 Å². The van der Waals surface area contributed by atoms with E-state index in [2.05, 4.69) is 46.7 Å². The molecular weight excluding hydrogens is 339 g/mol. The van der Waals surface area contributed by atoms with Crippen molar-refractivity contribution in [3.8, 4) is 0 Å². The predicted molar refractivity (Wildman–Crippen MR) is 83.2 cm³/mol. The number of aromatic amines is 1. The summed E-state index contributed by atoms with van der Waals surface area (Å²) in [5, 5.41) is 13.6. The molecule has 2 heterocycles. The molecule has 108 valence electrons. The normalized spacial score (nSPS) is 10.8. The third kappa shape index (κ3) is 2.80. The molecule has 0 spiro atoms. The van der Waals surface area contributed by atoms with Crippen LogP contribution in [0, 0.1) is 5.82 Å². The minimum Gasteiger partial charge on any atom is -0.354 e. The van der Waals surface area contributed by atoms with Gasteiger partial charge in [0, 0.05) is 11.0 Å². The fraction of sp³-hybridized carbons (Fsp3) is 0.154. The van der Waals surface area contributed by atoms with E-state index < -0.39 is 0 Å². The summed E-state index contributed by atoms with van der Waals surface area (Å²) in [6.07, 6.45) is 1.63. The highest BCUT2D eigenvalue weighted by Gasteiger charge is 2.11. The number of benzene rings is 1. The fourth-order valence-electron chi connectivity index (χ4n) is 1.89. The van der Waals surface area contributed by atoms with Crippen LogP contribution in [0.15, 0.2) is 28.9 Å². The van der Waals surface area contributed by atoms with Crippen molar-refractivity contribution in [1.82, 2.24) is 20.2 Å². The maximum absolute atomic E-state index is 13.4. The summed E-state index contributed by atoms with van der Waals surface area (Å²) >= 11 is 3.38. The average molecular weight is 351 g/mol. The van der Waals surface area contributed by atoms with Gasteiger partial charge < -0.3 is 10.6 Å². The smallest absolute Gasteiger partial charge is 0.226 e. The largest absolute Gasteiger partial charge is 0.354 e. The first kappa shape index (κ1) is 13.7. The maximum Gasteiger partial charge on any atom is 0.226 e. The Morgan fingerprint density at radius 3 is 3.00 bits per heavy atom. The summed E-state index contributed by atoms with van der Waals surface area (Å²) in [6.45, 7) is 2.65. The van der Waals surface area contributed by atoms with E-state index in [-0.39, 0.29) is 5.82 Å². The molecule has 6 nitrogen and oxygen atoms in total. The van der Waals surface area contributed by atoms with E-state index in [9.17, 15) is 4.39 Å². The van der Waals surface area contributed by atoms with E-state index in [4.69, 9.17) is 0 Å². The molecule has 1 aromatic carbocycles. The van der Waals surface area contributed by atoms with Crippen molar-refractivity contribution in [1.29, 1.82) is 0 Å². The maximum atomic E-state index is 13.4. The van der Waals surface area contributed by atoms with Crippen LogP contribution in [0.4, 0.5) is 21.8 Å². The SMILES string of the molecule is CCNc1nc(Nc2cc(F)ccc2Br)c2cn[nH]c2n1. The molecule has 0 unspecified atom stereocenters. The Morgan fingerprint density at radius 2 is 2.19 bits per heavy atom. The number of halogens is 2. The lowest BCUT2D eigenvalue weighted by atomic mass is 10.3. The monoisotopic (exact) mass is 350 g/mol. The lowest BCUT2D eigenvalue weighted by Gasteiger charge is -2.10. The summed E-state index contributed by atoms with van der Waals surface area (Å²) in [5.74, 6) is 0.699. The summed E-state index contributed by atoms with van der Waals surface area (Å²) in [4.78, 5) is 8.69. The quantitative estimate of drug-likeness (QED) is 0.671. The molecule has 8 heteroatoms. The van der Waals surface area contributed by atoms with Gasteiger partial charge in [-0.1, -0.05) is 0 Å². The average Bonchev–Trinajstić information content (AvgIpc) is 2.92. The highest BCUT2D eigenvalue weighted by atomic mass is 79.9. The zero-order valence-electron chi connectivity index (χ0n) is 11.1. The third-order valence-electron chi connectivity index (χ3n) is 2.83. The predicted octanol–water partition coefficient (Wildman–Crippen LogP) is 3.43. The number of fused-ring (bicyclic) bond motifs is 1. The number of hydrogen-bond donors (Lipinski definition) is 3. The van der Waals surface area contributed by atoms with Gasteiger partial charge in [-0.05, 0) is 41.1 Å². The van der Waals surface area contributed by atoms with Crippen molar-refractivity contribution < 1.29 is 4.39 Å². The number of hydrogen-bond acceptors (Lipinski definition) is 5. The van der Waals surface area contributed by atoms with Crippen molar-refractivity contribution in [2.75, 3.05) is 17.2 Å². The Bertz CT molecular complexity index is 787. The molecule has 0 radical (unpaired) electrons. The molecule has 3 aromatic rings. The molecule has 0 saturated carbocycles. The van der Waals surface area contributed by atoms with Crippen LogP contribution in [0.3, 0.4) is 0 Å². The third-order valence-corrected chi connectivity index (χ3v) is 3.52. The van der Waals surface area contributed by atoms with E-state index in [1.807, 2.05) is 6.92 Å². The van der Waals surface area contributed by atoms with Crippen molar-refractivity contribution in [3.05, 3.63) is 34.7 Å². The van der Waals surface area contributed by atoms with Crippen LogP contribution in [-0.2, 0) is 0 Å². The molecule has 0 fully saturated rings. The van der Waals surface area contributed by atoms with E-state index in [0.717, 1.165) is 9.86 Å². The first-order chi connectivity index (χ1) is 10.2. The van der Waals surface area contributed by atoms with Crippen molar-refractivity contribution in [2.24, 2.45) is 0 Å². The van der Waals surface area contributed by atoms with E-state index >= 15 is 0 Å². The molecule has 3 N–H and O–H groups in total. The lowest BCUT2D eigenvalue weighted by molar-refractivity contribution is 0.628. The van der Waals surface area contributed by atoms with Crippen LogP contribution in [0.2, 0.25) is 0 Å². The Balaban J connectivity index is 2.06. The lowest BCUT2D eigenvalue weighted by Crippen LogP contribution is -2.05.